The van der Waals surface area contributed by atoms with Crippen LogP contribution in [0.15, 0.2) is 18.2 Å². The summed E-state index contributed by atoms with van der Waals surface area (Å²) in [6.45, 7) is 5.59. The Hall–Kier alpha value is -2.24. The molecule has 0 spiro atoms. The van der Waals surface area contributed by atoms with Gasteiger partial charge in [0.1, 0.15) is 0 Å². The number of ether oxygens (including phenoxy) is 2. The van der Waals surface area contributed by atoms with Crippen LogP contribution in [0.25, 0.3) is 0 Å². The second-order valence-electron chi connectivity index (χ2n) is 5.49. The monoisotopic (exact) mass is 336 g/mol. The van der Waals surface area contributed by atoms with Crippen LogP contribution in [0.2, 0.25) is 0 Å². The lowest BCUT2D eigenvalue weighted by Gasteiger charge is -2.20. The molecule has 0 fully saturated rings. The summed E-state index contributed by atoms with van der Waals surface area (Å²) < 4.78 is 10.4. The van der Waals surface area contributed by atoms with Gasteiger partial charge in [0.25, 0.3) is 0 Å². The molecule has 0 aromatic heterocycles. The number of carbonyl (C=O) groups excluding carboxylic acids is 2. The topological polar surface area (TPSA) is 67.9 Å². The maximum atomic E-state index is 12.1. The van der Waals surface area contributed by atoms with Gasteiger partial charge >= 0.3 is 11.8 Å². The minimum absolute atomic E-state index is 0.395. The Morgan fingerprint density at radius 3 is 2.21 bits per heavy atom. The molecule has 1 rings (SSSR count). The van der Waals surface area contributed by atoms with Crippen LogP contribution in [0.3, 0.4) is 0 Å². The van der Waals surface area contributed by atoms with Crippen molar-refractivity contribution >= 4 is 11.8 Å². The molecule has 134 valence electrons. The molecule has 6 nitrogen and oxygen atoms in total. The highest BCUT2D eigenvalue weighted by molar-refractivity contribution is 6.35. The quantitative estimate of drug-likeness (QED) is 0.701. The van der Waals surface area contributed by atoms with Crippen molar-refractivity contribution in [1.29, 1.82) is 0 Å². The first-order valence-electron chi connectivity index (χ1n) is 8.35. The molecule has 0 aliphatic rings. The highest BCUT2D eigenvalue weighted by Crippen LogP contribution is 2.27. The molecule has 0 atom stereocenters. The van der Waals surface area contributed by atoms with Crippen molar-refractivity contribution in [2.24, 2.45) is 0 Å². The molecule has 0 heterocycles. The summed E-state index contributed by atoms with van der Waals surface area (Å²) in [5.74, 6) is 0.313. The molecule has 0 unspecified atom stereocenters. The fourth-order valence-corrected chi connectivity index (χ4v) is 2.43. The van der Waals surface area contributed by atoms with Crippen molar-refractivity contribution in [3.63, 3.8) is 0 Å². The van der Waals surface area contributed by atoms with E-state index in [1.54, 1.807) is 19.1 Å². The van der Waals surface area contributed by atoms with Crippen molar-refractivity contribution in [1.82, 2.24) is 10.2 Å². The summed E-state index contributed by atoms with van der Waals surface area (Å²) in [5.41, 5.74) is 0.999. The third-order valence-corrected chi connectivity index (χ3v) is 3.62. The molecule has 0 radical (unpaired) electrons. The normalized spacial score (nSPS) is 10.2. The van der Waals surface area contributed by atoms with Crippen LogP contribution in [-0.2, 0) is 16.0 Å². The van der Waals surface area contributed by atoms with Crippen LogP contribution in [0.1, 0.15) is 32.3 Å². The standard InChI is InChI=1S/C18H28N2O4/c1-5-11-20(12-6-2)18(22)17(21)19-10-9-14-7-8-15(23-3)16(13-14)24-4/h7-8,13H,5-6,9-12H2,1-4H3,(H,19,21). The second kappa shape index (κ2) is 10.5. The lowest BCUT2D eigenvalue weighted by Crippen LogP contribution is -2.44. The van der Waals surface area contributed by atoms with Crippen LogP contribution in [0, 0.1) is 0 Å². The molecule has 24 heavy (non-hydrogen) atoms. The zero-order valence-corrected chi connectivity index (χ0v) is 15.1. The van der Waals surface area contributed by atoms with Crippen LogP contribution in [0.4, 0.5) is 0 Å². The number of methoxy groups -OCH3 is 2. The summed E-state index contributed by atoms with van der Waals surface area (Å²) in [7, 11) is 3.17. The maximum absolute atomic E-state index is 12.1. The Morgan fingerprint density at radius 2 is 1.67 bits per heavy atom. The highest BCUT2D eigenvalue weighted by Gasteiger charge is 2.19. The third-order valence-electron chi connectivity index (χ3n) is 3.62. The summed E-state index contributed by atoms with van der Waals surface area (Å²) in [6.07, 6.45) is 2.29. The van der Waals surface area contributed by atoms with E-state index < -0.39 is 11.8 Å². The molecule has 0 aliphatic carbocycles. The number of nitrogens with one attached hydrogen (secondary N) is 1. The molecule has 0 bridgehead atoms. The molecule has 2 amide bonds. The number of benzene rings is 1. The van der Waals surface area contributed by atoms with Crippen molar-refractivity contribution in [2.45, 2.75) is 33.1 Å². The van der Waals surface area contributed by atoms with Crippen molar-refractivity contribution < 1.29 is 19.1 Å². The number of hydrogen-bond acceptors (Lipinski definition) is 4. The first kappa shape index (κ1) is 19.8. The summed E-state index contributed by atoms with van der Waals surface area (Å²) in [5, 5.41) is 2.69. The van der Waals surface area contributed by atoms with Gasteiger partial charge in [-0.05, 0) is 37.0 Å². The largest absolute Gasteiger partial charge is 0.493 e. The van der Waals surface area contributed by atoms with Gasteiger partial charge < -0.3 is 19.7 Å². The molecular weight excluding hydrogens is 308 g/mol. The van der Waals surface area contributed by atoms with E-state index in [1.165, 1.54) is 0 Å². The molecular formula is C18H28N2O4. The molecule has 1 aromatic carbocycles. The van der Waals surface area contributed by atoms with E-state index in [1.807, 2.05) is 32.0 Å². The number of nitrogens with zero attached hydrogens (tertiary/aromatic N) is 1. The van der Waals surface area contributed by atoms with E-state index in [0.717, 1.165) is 18.4 Å². The SMILES string of the molecule is CCCN(CCC)C(=O)C(=O)NCCc1ccc(OC)c(OC)c1. The van der Waals surface area contributed by atoms with E-state index in [0.29, 0.717) is 37.6 Å². The lowest BCUT2D eigenvalue weighted by atomic mass is 10.1. The Labute approximate surface area is 144 Å². The first-order valence-corrected chi connectivity index (χ1v) is 8.35. The fourth-order valence-electron chi connectivity index (χ4n) is 2.43. The zero-order valence-electron chi connectivity index (χ0n) is 15.1. The van der Waals surface area contributed by atoms with Gasteiger partial charge in [-0.2, -0.15) is 0 Å². The van der Waals surface area contributed by atoms with Crippen LogP contribution < -0.4 is 14.8 Å². The van der Waals surface area contributed by atoms with Crippen molar-refractivity contribution in [3.8, 4) is 11.5 Å². The summed E-state index contributed by atoms with van der Waals surface area (Å²) in [6, 6.07) is 5.61. The van der Waals surface area contributed by atoms with Gasteiger partial charge in [-0.25, -0.2) is 0 Å². The van der Waals surface area contributed by atoms with E-state index in [4.69, 9.17) is 9.47 Å². The Balaban J connectivity index is 2.54. The molecule has 6 heteroatoms. The van der Waals surface area contributed by atoms with Gasteiger partial charge in [0.05, 0.1) is 14.2 Å². The second-order valence-corrected chi connectivity index (χ2v) is 5.49. The van der Waals surface area contributed by atoms with Gasteiger partial charge in [0.2, 0.25) is 0 Å². The number of carbonyl (C=O) groups is 2. The van der Waals surface area contributed by atoms with E-state index in [2.05, 4.69) is 5.32 Å². The number of rotatable bonds is 9. The van der Waals surface area contributed by atoms with E-state index in [-0.39, 0.29) is 0 Å². The van der Waals surface area contributed by atoms with Crippen LogP contribution in [0.5, 0.6) is 11.5 Å². The minimum Gasteiger partial charge on any atom is -0.493 e. The van der Waals surface area contributed by atoms with Gasteiger partial charge in [-0.1, -0.05) is 19.9 Å². The zero-order chi connectivity index (χ0) is 17.9. The molecule has 1 N–H and O–H groups in total. The minimum atomic E-state index is -0.544. The van der Waals surface area contributed by atoms with Gasteiger partial charge in [-0.15, -0.1) is 0 Å². The highest BCUT2D eigenvalue weighted by atomic mass is 16.5. The molecule has 1 aromatic rings. The summed E-state index contributed by atoms with van der Waals surface area (Å²) in [4.78, 5) is 25.7. The van der Waals surface area contributed by atoms with E-state index >= 15 is 0 Å². The Bertz CT molecular complexity index is 540. The van der Waals surface area contributed by atoms with Gasteiger partial charge in [0, 0.05) is 19.6 Å². The van der Waals surface area contributed by atoms with Crippen molar-refractivity contribution in [3.05, 3.63) is 23.8 Å². The van der Waals surface area contributed by atoms with Crippen molar-refractivity contribution in [2.75, 3.05) is 33.9 Å². The van der Waals surface area contributed by atoms with Crippen LogP contribution >= 0.6 is 0 Å². The van der Waals surface area contributed by atoms with E-state index in [9.17, 15) is 9.59 Å². The first-order chi connectivity index (χ1) is 11.6. The molecule has 0 saturated carbocycles. The maximum Gasteiger partial charge on any atom is 0.311 e. The number of amides is 2. The van der Waals surface area contributed by atoms with Gasteiger partial charge in [0.15, 0.2) is 11.5 Å². The Kier molecular flexibility index (Phi) is 8.68. The molecule has 0 saturated heterocycles. The summed E-state index contributed by atoms with van der Waals surface area (Å²) >= 11 is 0. The average molecular weight is 336 g/mol. The Morgan fingerprint density at radius 1 is 1.04 bits per heavy atom. The number of hydrogen-bond donors (Lipinski definition) is 1. The molecule has 0 aliphatic heterocycles. The predicted octanol–water partition coefficient (Wildman–Crippen LogP) is 2.01. The average Bonchev–Trinajstić information content (AvgIpc) is 2.60. The fraction of sp³-hybridized carbons (Fsp3) is 0.556. The predicted molar refractivity (Wildman–Crippen MR) is 93.4 cm³/mol. The smallest absolute Gasteiger partial charge is 0.311 e. The third kappa shape index (κ3) is 5.76. The van der Waals surface area contributed by atoms with Gasteiger partial charge in [-0.3, -0.25) is 9.59 Å². The van der Waals surface area contributed by atoms with Crippen LogP contribution in [-0.4, -0.2) is 50.6 Å². The lowest BCUT2D eigenvalue weighted by molar-refractivity contribution is -0.145.